The minimum absolute atomic E-state index is 0.0770. The first-order valence-electron chi connectivity index (χ1n) is 9.61. The van der Waals surface area contributed by atoms with Gasteiger partial charge in [-0.25, -0.2) is 9.97 Å². The van der Waals surface area contributed by atoms with Crippen LogP contribution in [0.15, 0.2) is 36.7 Å². The number of hydrogen-bond donors (Lipinski definition) is 0. The molecular weight excluding hydrogens is 324 g/mol. The number of aryl methyl sites for hydroxylation is 1. The number of rotatable bonds is 5. The first-order chi connectivity index (χ1) is 12.6. The lowest BCUT2D eigenvalue weighted by Crippen LogP contribution is -2.40. The minimum atomic E-state index is -0.0770. The largest absolute Gasteiger partial charge is 0.354 e. The molecule has 1 amide bonds. The van der Waals surface area contributed by atoms with Gasteiger partial charge in [-0.2, -0.15) is 0 Å². The predicted octanol–water partition coefficient (Wildman–Crippen LogP) is 4.22. The van der Waals surface area contributed by atoms with E-state index in [1.165, 1.54) is 25.6 Å². The zero-order valence-electron chi connectivity index (χ0n) is 16.0. The van der Waals surface area contributed by atoms with Crippen molar-refractivity contribution in [3.63, 3.8) is 0 Å². The molecule has 1 aliphatic heterocycles. The second-order valence-electron chi connectivity index (χ2n) is 6.90. The Hall–Kier alpha value is -2.43. The zero-order valence-corrected chi connectivity index (χ0v) is 16.0. The van der Waals surface area contributed by atoms with Gasteiger partial charge in [0.25, 0.3) is 5.91 Å². The summed E-state index contributed by atoms with van der Waals surface area (Å²) in [6.45, 7) is 7.83. The van der Waals surface area contributed by atoms with Crippen LogP contribution in [0.2, 0.25) is 0 Å². The van der Waals surface area contributed by atoms with Gasteiger partial charge in [-0.1, -0.05) is 19.1 Å². The van der Waals surface area contributed by atoms with Gasteiger partial charge in [0.2, 0.25) is 0 Å². The van der Waals surface area contributed by atoms with Crippen LogP contribution in [0, 0.1) is 6.92 Å². The van der Waals surface area contributed by atoms with Crippen molar-refractivity contribution < 1.29 is 4.79 Å². The summed E-state index contributed by atoms with van der Waals surface area (Å²) in [5, 5.41) is 0. The van der Waals surface area contributed by atoms with E-state index in [9.17, 15) is 4.79 Å². The van der Waals surface area contributed by atoms with Crippen LogP contribution in [0.3, 0.4) is 0 Å². The van der Waals surface area contributed by atoms with Crippen molar-refractivity contribution >= 4 is 17.4 Å². The van der Waals surface area contributed by atoms with E-state index in [4.69, 9.17) is 0 Å². The van der Waals surface area contributed by atoms with E-state index in [1.54, 1.807) is 4.90 Å². The highest BCUT2D eigenvalue weighted by atomic mass is 16.2. The molecule has 138 valence electrons. The molecule has 1 fully saturated rings. The Kier molecular flexibility index (Phi) is 5.86. The highest BCUT2D eigenvalue weighted by Crippen LogP contribution is 2.26. The van der Waals surface area contributed by atoms with Crippen LogP contribution in [0.1, 0.15) is 55.6 Å². The number of piperidine rings is 1. The maximum Gasteiger partial charge on any atom is 0.277 e. The van der Waals surface area contributed by atoms with Crippen LogP contribution in [0.4, 0.5) is 11.5 Å². The summed E-state index contributed by atoms with van der Waals surface area (Å²) in [5.74, 6) is 0.794. The van der Waals surface area contributed by atoms with Gasteiger partial charge >= 0.3 is 0 Å². The molecule has 2 heterocycles. The van der Waals surface area contributed by atoms with Crippen LogP contribution < -0.4 is 9.80 Å². The summed E-state index contributed by atoms with van der Waals surface area (Å²) in [6.07, 6.45) is 6.25. The van der Waals surface area contributed by atoms with Crippen molar-refractivity contribution in [3.05, 3.63) is 47.9 Å². The van der Waals surface area contributed by atoms with E-state index in [2.05, 4.69) is 21.8 Å². The lowest BCUT2D eigenvalue weighted by atomic mass is 10.00. The van der Waals surface area contributed by atoms with Gasteiger partial charge in [0.15, 0.2) is 0 Å². The third-order valence-corrected chi connectivity index (χ3v) is 5.14. The number of anilines is 2. The van der Waals surface area contributed by atoms with Gasteiger partial charge in [0.1, 0.15) is 17.8 Å². The Bertz CT molecular complexity index is 761. The summed E-state index contributed by atoms with van der Waals surface area (Å²) >= 11 is 0. The number of nitrogens with zero attached hydrogens (tertiary/aromatic N) is 4. The smallest absolute Gasteiger partial charge is 0.277 e. The molecule has 0 spiro atoms. The fraction of sp³-hybridized carbons (Fsp3) is 0.476. The Labute approximate surface area is 156 Å². The van der Waals surface area contributed by atoms with E-state index in [-0.39, 0.29) is 5.91 Å². The van der Waals surface area contributed by atoms with E-state index in [0.29, 0.717) is 18.3 Å². The Morgan fingerprint density at radius 2 is 2.08 bits per heavy atom. The monoisotopic (exact) mass is 352 g/mol. The molecule has 5 heteroatoms. The van der Waals surface area contributed by atoms with Gasteiger partial charge in [0, 0.05) is 30.9 Å². The molecule has 5 nitrogen and oxygen atoms in total. The van der Waals surface area contributed by atoms with Crippen molar-refractivity contribution in [2.45, 2.75) is 52.5 Å². The number of amides is 1. The Balaban J connectivity index is 1.87. The summed E-state index contributed by atoms with van der Waals surface area (Å²) < 4.78 is 0. The molecule has 0 bridgehead atoms. The number of carbonyl (C=O) groups excluding carboxylic acids is 1. The van der Waals surface area contributed by atoms with E-state index < -0.39 is 0 Å². The maximum atomic E-state index is 13.1. The van der Waals surface area contributed by atoms with Gasteiger partial charge in [-0.05, 0) is 57.2 Å². The molecule has 1 aromatic carbocycles. The number of hydrogen-bond acceptors (Lipinski definition) is 4. The van der Waals surface area contributed by atoms with Crippen LogP contribution >= 0.6 is 0 Å². The van der Waals surface area contributed by atoms with Gasteiger partial charge in [-0.15, -0.1) is 0 Å². The van der Waals surface area contributed by atoms with E-state index in [0.717, 1.165) is 30.0 Å². The van der Waals surface area contributed by atoms with Crippen LogP contribution in [0.25, 0.3) is 0 Å². The summed E-state index contributed by atoms with van der Waals surface area (Å²) in [5.41, 5.74) is 2.50. The summed E-state index contributed by atoms with van der Waals surface area (Å²) in [7, 11) is 0. The van der Waals surface area contributed by atoms with Crippen LogP contribution in [0.5, 0.6) is 0 Å². The molecule has 3 rings (SSSR count). The second kappa shape index (κ2) is 8.30. The molecule has 1 aromatic heterocycles. The fourth-order valence-corrected chi connectivity index (χ4v) is 3.73. The molecule has 26 heavy (non-hydrogen) atoms. The lowest BCUT2D eigenvalue weighted by molar-refractivity contribution is 0.0983. The van der Waals surface area contributed by atoms with E-state index >= 15 is 0 Å². The van der Waals surface area contributed by atoms with Crippen LogP contribution in [-0.4, -0.2) is 35.0 Å². The number of benzene rings is 1. The van der Waals surface area contributed by atoms with Gasteiger partial charge in [0.05, 0.1) is 0 Å². The average Bonchev–Trinajstić information content (AvgIpc) is 2.68. The van der Waals surface area contributed by atoms with Crippen LogP contribution in [-0.2, 0) is 0 Å². The first-order valence-corrected chi connectivity index (χ1v) is 9.61. The molecular formula is C21H28N4O. The van der Waals surface area contributed by atoms with E-state index in [1.807, 2.05) is 44.2 Å². The van der Waals surface area contributed by atoms with Crippen molar-refractivity contribution in [3.8, 4) is 0 Å². The first kappa shape index (κ1) is 18.4. The number of aromatic nitrogens is 2. The molecule has 2 aromatic rings. The van der Waals surface area contributed by atoms with Crippen molar-refractivity contribution in [2.75, 3.05) is 22.9 Å². The van der Waals surface area contributed by atoms with Crippen molar-refractivity contribution in [1.29, 1.82) is 0 Å². The maximum absolute atomic E-state index is 13.1. The highest BCUT2D eigenvalue weighted by molar-refractivity contribution is 6.05. The molecule has 0 aliphatic carbocycles. The Morgan fingerprint density at radius 3 is 2.81 bits per heavy atom. The molecule has 0 N–H and O–H groups in total. The Morgan fingerprint density at radius 1 is 1.23 bits per heavy atom. The van der Waals surface area contributed by atoms with Gasteiger partial charge in [-0.3, -0.25) is 4.79 Å². The molecule has 1 atom stereocenters. The number of carbonyl (C=O) groups is 1. The predicted molar refractivity (Wildman–Crippen MR) is 106 cm³/mol. The second-order valence-corrected chi connectivity index (χ2v) is 6.90. The molecule has 0 radical (unpaired) electrons. The highest BCUT2D eigenvalue weighted by Gasteiger charge is 2.24. The molecule has 0 saturated carbocycles. The summed E-state index contributed by atoms with van der Waals surface area (Å²) in [4.78, 5) is 25.9. The molecule has 1 aliphatic rings. The third-order valence-electron chi connectivity index (χ3n) is 5.14. The third kappa shape index (κ3) is 3.87. The SMILES string of the molecule is CCC1CCCCN1c1cc(C(=O)N(CC)c2cccc(C)c2)ncn1. The topological polar surface area (TPSA) is 49.3 Å². The lowest BCUT2D eigenvalue weighted by Gasteiger charge is -2.36. The average molecular weight is 352 g/mol. The zero-order chi connectivity index (χ0) is 18.5. The summed E-state index contributed by atoms with van der Waals surface area (Å²) in [6, 6.07) is 10.4. The molecule has 1 saturated heterocycles. The normalized spacial score (nSPS) is 17.2. The minimum Gasteiger partial charge on any atom is -0.354 e. The quantitative estimate of drug-likeness (QED) is 0.808. The standard InChI is InChI=1S/C21H28N4O/c1-4-17-10-6-7-12-25(17)20-14-19(22-15-23-20)21(26)24(5-2)18-11-8-9-16(3)13-18/h8-9,11,13-15,17H,4-7,10,12H2,1-3H3. The van der Waals surface area contributed by atoms with Gasteiger partial charge < -0.3 is 9.80 Å². The fourth-order valence-electron chi connectivity index (χ4n) is 3.73. The van der Waals surface area contributed by atoms with Crippen molar-refractivity contribution in [1.82, 2.24) is 9.97 Å². The molecule has 1 unspecified atom stereocenters. The van der Waals surface area contributed by atoms with Crippen molar-refractivity contribution in [2.24, 2.45) is 0 Å².